The number of hydrogen-bond donors (Lipinski definition) is 5. The van der Waals surface area contributed by atoms with Crippen LogP contribution in [-0.2, 0) is 30.6 Å². The molecule has 0 bridgehead atoms. The molecule has 5 N–H and O–H groups in total. The number of aromatic nitrogens is 6. The van der Waals surface area contributed by atoms with E-state index in [4.69, 9.17) is 4.74 Å². The van der Waals surface area contributed by atoms with Crippen LogP contribution in [0.4, 0.5) is 22.4 Å². The summed E-state index contributed by atoms with van der Waals surface area (Å²) < 4.78 is 33.2. The number of amides is 5. The number of aromatic amines is 1. The van der Waals surface area contributed by atoms with E-state index in [9.17, 15) is 37.5 Å². The fourth-order valence-corrected chi connectivity index (χ4v) is 12.2. The fraction of sp³-hybridized carbons (Fsp3) is 0.527. The summed E-state index contributed by atoms with van der Waals surface area (Å²) in [6, 6.07) is 8.25. The van der Waals surface area contributed by atoms with E-state index in [0.29, 0.717) is 99.0 Å². The number of rotatable bonds is 16. The third kappa shape index (κ3) is 12.1. The Hall–Kier alpha value is -7.47. The number of likely N-dealkylation sites (N-methyl/N-ethyl adjacent to an activating group) is 1. The third-order valence-electron chi connectivity index (χ3n) is 16.1. The van der Waals surface area contributed by atoms with E-state index in [1.165, 1.54) is 38.3 Å². The Labute approximate surface area is 460 Å². The van der Waals surface area contributed by atoms with Crippen molar-refractivity contribution in [2.24, 2.45) is 5.92 Å². The first-order chi connectivity index (χ1) is 37.7. The number of sulfone groups is 1. The SMILES string of the molecule is Cc1[nH]nc(Nc2ncnc3cc(OCCN4CCN(c5ncc(C(=O)N6CCC([C@H](NC(=O)C(C)N(C)C(=O)O)C(=O)N7CCCC7C(=O)N[C@@H]7CCCc8ccccc87)CC6)cn5)CC4)c(S(=O)(=O)C(C)(C)C)cc23)c1C. The molecule has 0 saturated carbocycles. The van der Waals surface area contributed by atoms with Gasteiger partial charge in [0.1, 0.15) is 47.5 Å². The fourth-order valence-electron chi connectivity index (χ4n) is 10.9. The first kappa shape index (κ1) is 56.3. The molecule has 5 amide bonds. The van der Waals surface area contributed by atoms with E-state index < -0.39 is 56.5 Å². The highest BCUT2D eigenvalue weighted by Gasteiger charge is 2.43. The molecule has 3 aromatic heterocycles. The van der Waals surface area contributed by atoms with Gasteiger partial charge in [0.05, 0.1) is 21.9 Å². The summed E-state index contributed by atoms with van der Waals surface area (Å²) in [4.78, 5) is 94.4. The predicted octanol–water partition coefficient (Wildman–Crippen LogP) is 4.80. The third-order valence-corrected chi connectivity index (χ3v) is 18.7. The number of hydrogen-bond acceptors (Lipinski definition) is 16. The molecule has 9 rings (SSSR count). The Morgan fingerprint density at radius 2 is 1.62 bits per heavy atom. The molecule has 23 nitrogen and oxygen atoms in total. The standard InChI is InChI=1S/C55H72N14O9S/c1-33-34(2)63-64-47(33)62-48-40-28-45(79(76,77)55(4,5)6)44(29-42(40)58-32-59-48)78-27-26-66-22-24-68(25-23-66)53-56-30-38(31-57-53)51(72)67-20-17-37(18-21-67)46(61-49(70)35(3)65(7)54(74)75)52(73)69-19-11-16-43(69)50(71)60-41-15-10-13-36-12-8-9-14-39(36)41/h8-9,12,14,28-32,35,37,41,43,46H,10-11,13,15-27H2,1-7H3,(H,60,71)(H,61,70)(H,74,75)(H2,58,59,62,63,64)/t35?,41-,43?,46+/m1/s1. The number of nitrogens with one attached hydrogen (secondary N) is 4. The van der Waals surface area contributed by atoms with Crippen LogP contribution >= 0.6 is 0 Å². The van der Waals surface area contributed by atoms with Gasteiger partial charge in [0.2, 0.25) is 23.7 Å². The van der Waals surface area contributed by atoms with E-state index >= 15 is 0 Å². The van der Waals surface area contributed by atoms with Gasteiger partial charge < -0.3 is 40.5 Å². The van der Waals surface area contributed by atoms with Crippen molar-refractivity contribution >= 4 is 68.0 Å². The molecular weight excluding hydrogens is 1030 g/mol. The molecule has 5 aromatic rings. The monoisotopic (exact) mass is 1100 g/mol. The molecule has 0 spiro atoms. The van der Waals surface area contributed by atoms with Crippen LogP contribution in [0.15, 0.2) is 60.0 Å². The molecular formula is C55H72N14O9S. The molecule has 4 aliphatic rings. The topological polar surface area (TPSA) is 281 Å². The van der Waals surface area contributed by atoms with Gasteiger partial charge in [-0.1, -0.05) is 24.3 Å². The number of nitrogens with zero attached hydrogens (tertiary/aromatic N) is 10. The summed E-state index contributed by atoms with van der Waals surface area (Å²) in [7, 11) is -2.58. The molecule has 79 heavy (non-hydrogen) atoms. The highest BCUT2D eigenvalue weighted by Crippen LogP contribution is 2.38. The summed E-state index contributed by atoms with van der Waals surface area (Å²) in [6.07, 6.45) is 7.63. The second kappa shape index (κ2) is 23.5. The van der Waals surface area contributed by atoms with E-state index in [0.717, 1.165) is 41.0 Å². The minimum atomic E-state index is -3.87. The Balaban J connectivity index is 0.794. The van der Waals surface area contributed by atoms with Crippen molar-refractivity contribution in [3.63, 3.8) is 0 Å². The number of piperidine rings is 1. The van der Waals surface area contributed by atoms with Gasteiger partial charge >= 0.3 is 6.09 Å². The van der Waals surface area contributed by atoms with Gasteiger partial charge in [-0.15, -0.1) is 0 Å². The average Bonchev–Trinajstić information content (AvgIpc) is 4.18. The number of H-pyrrole nitrogens is 1. The Bertz CT molecular complexity index is 3190. The number of carbonyl (C=O) groups excluding carboxylic acids is 4. The maximum atomic E-state index is 14.7. The molecule has 2 unspecified atom stereocenters. The van der Waals surface area contributed by atoms with Crippen molar-refractivity contribution in [3.8, 4) is 5.75 Å². The first-order valence-electron chi connectivity index (χ1n) is 27.2. The molecule has 2 aromatic carbocycles. The molecule has 0 radical (unpaired) electrons. The van der Waals surface area contributed by atoms with E-state index in [1.807, 2.05) is 36.9 Å². The molecule has 1 aliphatic carbocycles. The van der Waals surface area contributed by atoms with Crippen molar-refractivity contribution in [2.75, 3.05) is 76.2 Å². The van der Waals surface area contributed by atoms with Crippen LogP contribution in [0.5, 0.6) is 5.75 Å². The molecule has 6 heterocycles. The molecule has 3 aliphatic heterocycles. The van der Waals surface area contributed by atoms with Gasteiger partial charge in [0.15, 0.2) is 15.7 Å². The molecule has 3 fully saturated rings. The van der Waals surface area contributed by atoms with Gasteiger partial charge in [-0.3, -0.25) is 34.1 Å². The van der Waals surface area contributed by atoms with Crippen molar-refractivity contribution in [1.29, 1.82) is 0 Å². The minimum Gasteiger partial charge on any atom is -0.491 e. The highest BCUT2D eigenvalue weighted by atomic mass is 32.2. The molecule has 24 heteroatoms. The van der Waals surface area contributed by atoms with E-state index in [-0.39, 0.29) is 48.2 Å². The van der Waals surface area contributed by atoms with Gasteiger partial charge in [-0.25, -0.2) is 33.1 Å². The number of piperazine rings is 1. The number of anilines is 3. The number of benzene rings is 2. The summed E-state index contributed by atoms with van der Waals surface area (Å²) in [6.45, 7) is 14.4. The summed E-state index contributed by atoms with van der Waals surface area (Å²) >= 11 is 0. The number of carbonyl (C=O) groups is 5. The maximum absolute atomic E-state index is 14.7. The van der Waals surface area contributed by atoms with Crippen molar-refractivity contribution in [3.05, 3.63) is 83.1 Å². The van der Waals surface area contributed by atoms with Crippen molar-refractivity contribution in [1.82, 2.24) is 60.4 Å². The van der Waals surface area contributed by atoms with Crippen LogP contribution in [0, 0.1) is 19.8 Å². The lowest BCUT2D eigenvalue weighted by Crippen LogP contribution is -2.59. The van der Waals surface area contributed by atoms with Crippen LogP contribution in [-0.4, -0.2) is 182 Å². The van der Waals surface area contributed by atoms with Crippen LogP contribution in [0.3, 0.4) is 0 Å². The Kier molecular flexibility index (Phi) is 16.7. The quantitative estimate of drug-likeness (QED) is 0.0887. The van der Waals surface area contributed by atoms with Crippen LogP contribution in [0.2, 0.25) is 0 Å². The first-order valence-corrected chi connectivity index (χ1v) is 28.7. The number of likely N-dealkylation sites (tertiary alicyclic amines) is 2. The van der Waals surface area contributed by atoms with Crippen molar-refractivity contribution in [2.45, 2.75) is 120 Å². The second-order valence-corrected chi connectivity index (χ2v) is 24.7. The van der Waals surface area contributed by atoms with Gasteiger partial charge in [0.25, 0.3) is 5.91 Å². The maximum Gasteiger partial charge on any atom is 0.407 e. The average molecular weight is 1110 g/mol. The van der Waals surface area contributed by atoms with Gasteiger partial charge in [0, 0.05) is 94.5 Å². The van der Waals surface area contributed by atoms with E-state index in [1.54, 1.807) is 42.7 Å². The summed E-state index contributed by atoms with van der Waals surface area (Å²) in [5.74, 6) is -0.272. The zero-order valence-electron chi connectivity index (χ0n) is 46.0. The summed E-state index contributed by atoms with van der Waals surface area (Å²) in [5, 5.41) is 26.7. The highest BCUT2D eigenvalue weighted by molar-refractivity contribution is 7.92. The van der Waals surface area contributed by atoms with Gasteiger partial charge in [-0.05, 0) is 110 Å². The van der Waals surface area contributed by atoms with Crippen LogP contribution < -0.4 is 25.6 Å². The van der Waals surface area contributed by atoms with Crippen LogP contribution in [0.25, 0.3) is 10.9 Å². The molecule has 3 saturated heterocycles. The number of aryl methyl sites for hydroxylation is 2. The predicted molar refractivity (Wildman–Crippen MR) is 295 cm³/mol. The second-order valence-electron chi connectivity index (χ2n) is 22.1. The zero-order valence-corrected chi connectivity index (χ0v) is 46.8. The summed E-state index contributed by atoms with van der Waals surface area (Å²) in [5.41, 5.74) is 4.90. The number of ether oxygens (including phenoxy) is 1. The van der Waals surface area contributed by atoms with Gasteiger partial charge in [-0.2, -0.15) is 5.10 Å². The smallest absolute Gasteiger partial charge is 0.407 e. The lowest BCUT2D eigenvalue weighted by atomic mass is 9.87. The lowest BCUT2D eigenvalue weighted by molar-refractivity contribution is -0.143. The number of carboxylic acid groups (broad SMARTS) is 1. The molecule has 4 atom stereocenters. The van der Waals surface area contributed by atoms with Crippen LogP contribution in [0.1, 0.15) is 105 Å². The Morgan fingerprint density at radius 3 is 2.30 bits per heavy atom. The zero-order chi connectivity index (χ0) is 56.3. The Morgan fingerprint density at radius 1 is 0.899 bits per heavy atom. The van der Waals surface area contributed by atoms with Crippen molar-refractivity contribution < 1.29 is 42.2 Å². The largest absolute Gasteiger partial charge is 0.491 e. The lowest BCUT2D eigenvalue weighted by Gasteiger charge is -2.38. The minimum absolute atomic E-state index is 0.0461. The number of fused-ring (bicyclic) bond motifs is 2. The molecule has 422 valence electrons. The van der Waals surface area contributed by atoms with E-state index in [2.05, 4.69) is 57.0 Å². The normalized spacial score (nSPS) is 19.1.